The highest BCUT2D eigenvalue weighted by molar-refractivity contribution is 7.93. The number of hydrogen-bond donors (Lipinski definition) is 3. The predicted molar refractivity (Wildman–Crippen MR) is 70.1 cm³/mol. The summed E-state index contributed by atoms with van der Waals surface area (Å²) in [7, 11) is -4.14. The normalized spacial score (nSPS) is 11.0. The molecule has 0 saturated carbocycles. The number of carboxylic acid groups (broad SMARTS) is 1. The van der Waals surface area contributed by atoms with Gasteiger partial charge < -0.3 is 5.11 Å². The zero-order chi connectivity index (χ0) is 14.9. The summed E-state index contributed by atoms with van der Waals surface area (Å²) in [5.41, 5.74) is -0.327. The Morgan fingerprint density at radius 2 is 2.30 bits per heavy atom. The van der Waals surface area contributed by atoms with E-state index in [9.17, 15) is 13.2 Å². The number of carbonyl (C=O) groups is 1. The van der Waals surface area contributed by atoms with Crippen molar-refractivity contribution in [2.45, 2.75) is 11.8 Å². The predicted octanol–water partition coefficient (Wildman–Crippen LogP) is 1.15. The monoisotopic (exact) mass is 312 g/mol. The van der Waals surface area contributed by atoms with Gasteiger partial charge in [0.15, 0.2) is 5.69 Å². The fraction of sp³-hybridized carbons (Fsp3) is 0.100. The third-order valence-corrected chi connectivity index (χ3v) is 4.84. The summed E-state index contributed by atoms with van der Waals surface area (Å²) in [5, 5.41) is 25.2. The van der Waals surface area contributed by atoms with Gasteiger partial charge in [0, 0.05) is 0 Å². The molecule has 2 heterocycles. The van der Waals surface area contributed by atoms with Gasteiger partial charge in [0.05, 0.1) is 11.3 Å². The first-order chi connectivity index (χ1) is 9.36. The van der Waals surface area contributed by atoms with Crippen molar-refractivity contribution >= 4 is 32.3 Å². The number of aryl methyl sites for hydroxylation is 1. The molecule has 0 bridgehead atoms. The molecule has 8 nitrogen and oxygen atoms in total. The van der Waals surface area contributed by atoms with Crippen molar-refractivity contribution in [3.05, 3.63) is 28.4 Å². The van der Waals surface area contributed by atoms with Crippen molar-refractivity contribution < 1.29 is 18.3 Å². The Labute approximate surface area is 117 Å². The summed E-state index contributed by atoms with van der Waals surface area (Å²) in [4.78, 5) is 10.5. The lowest BCUT2D eigenvalue weighted by atomic mass is 10.4. The third kappa shape index (κ3) is 2.36. The van der Waals surface area contributed by atoms with Crippen molar-refractivity contribution in [1.82, 2.24) is 10.2 Å². The largest absolute Gasteiger partial charge is 0.476 e. The average molecular weight is 312 g/mol. The van der Waals surface area contributed by atoms with E-state index in [-0.39, 0.29) is 16.3 Å². The van der Waals surface area contributed by atoms with E-state index in [0.29, 0.717) is 0 Å². The number of rotatable bonds is 4. The highest BCUT2D eigenvalue weighted by atomic mass is 32.2. The summed E-state index contributed by atoms with van der Waals surface area (Å²) < 4.78 is 26.7. The molecule has 104 valence electrons. The van der Waals surface area contributed by atoms with Crippen molar-refractivity contribution in [3.63, 3.8) is 0 Å². The number of thiophene rings is 1. The van der Waals surface area contributed by atoms with Crippen LogP contribution in [0.5, 0.6) is 0 Å². The van der Waals surface area contributed by atoms with Gasteiger partial charge in [0.25, 0.3) is 10.0 Å². The quantitative estimate of drug-likeness (QED) is 0.774. The summed E-state index contributed by atoms with van der Waals surface area (Å²) in [6, 6.07) is 3.30. The van der Waals surface area contributed by atoms with Crippen molar-refractivity contribution in [2.24, 2.45) is 0 Å². The molecule has 0 aliphatic rings. The zero-order valence-corrected chi connectivity index (χ0v) is 11.7. The number of aromatic amines is 1. The molecule has 2 aromatic rings. The van der Waals surface area contributed by atoms with Gasteiger partial charge in [-0.1, -0.05) is 0 Å². The van der Waals surface area contributed by atoms with Gasteiger partial charge in [-0.25, -0.2) is 13.2 Å². The van der Waals surface area contributed by atoms with Gasteiger partial charge in [0.2, 0.25) is 0 Å². The van der Waals surface area contributed by atoms with E-state index in [1.54, 1.807) is 5.38 Å². The van der Waals surface area contributed by atoms with Crippen LogP contribution in [0.15, 0.2) is 16.3 Å². The minimum Gasteiger partial charge on any atom is -0.476 e. The molecule has 2 aromatic heterocycles. The minimum atomic E-state index is -4.14. The van der Waals surface area contributed by atoms with Crippen LogP contribution in [0.3, 0.4) is 0 Å². The molecule has 0 spiro atoms. The molecule has 0 aromatic carbocycles. The number of aromatic nitrogens is 2. The van der Waals surface area contributed by atoms with Crippen molar-refractivity contribution in [3.8, 4) is 6.07 Å². The van der Waals surface area contributed by atoms with Gasteiger partial charge in [-0.15, -0.1) is 11.3 Å². The van der Waals surface area contributed by atoms with E-state index in [4.69, 9.17) is 10.4 Å². The molecule has 3 N–H and O–H groups in total. The lowest BCUT2D eigenvalue weighted by Crippen LogP contribution is -2.16. The first-order valence-corrected chi connectivity index (χ1v) is 7.51. The average Bonchev–Trinajstić information content (AvgIpc) is 2.94. The molecule has 0 unspecified atom stereocenters. The molecule has 0 aliphatic carbocycles. The third-order valence-electron chi connectivity index (χ3n) is 2.38. The number of H-pyrrole nitrogens is 1. The molecule has 2 rings (SSSR count). The van der Waals surface area contributed by atoms with E-state index >= 15 is 0 Å². The van der Waals surface area contributed by atoms with E-state index in [1.807, 2.05) is 6.07 Å². The molecule has 20 heavy (non-hydrogen) atoms. The molecule has 10 heteroatoms. The summed E-state index contributed by atoms with van der Waals surface area (Å²) in [5.74, 6) is -1.46. The molecule has 0 amide bonds. The Morgan fingerprint density at radius 3 is 2.90 bits per heavy atom. The van der Waals surface area contributed by atoms with Gasteiger partial charge >= 0.3 is 5.97 Å². The summed E-state index contributed by atoms with van der Waals surface area (Å²) in [6.07, 6.45) is 0. The van der Waals surface area contributed by atoms with E-state index < -0.39 is 26.6 Å². The van der Waals surface area contributed by atoms with Crippen molar-refractivity contribution in [2.75, 3.05) is 4.72 Å². The maximum Gasteiger partial charge on any atom is 0.357 e. The Hall–Kier alpha value is -2.38. The van der Waals surface area contributed by atoms with Crippen LogP contribution in [0, 0.1) is 18.3 Å². The van der Waals surface area contributed by atoms with Gasteiger partial charge in [-0.3, -0.25) is 9.82 Å². The van der Waals surface area contributed by atoms with Crippen molar-refractivity contribution in [1.29, 1.82) is 5.26 Å². The van der Waals surface area contributed by atoms with Crippen LogP contribution < -0.4 is 4.72 Å². The number of nitrogens with zero attached hydrogens (tertiary/aromatic N) is 2. The van der Waals surface area contributed by atoms with Gasteiger partial charge in [0.1, 0.15) is 16.0 Å². The molecule has 0 radical (unpaired) electrons. The standard InChI is InChI=1S/C10H8N4O4S2/c1-5-8(7(10(15)16)13-12-5)20(17,18)14-9-6(4-11)2-3-19-9/h2-3,14H,1H3,(H,12,13)(H,15,16). The second-order valence-electron chi connectivity index (χ2n) is 3.71. The number of carboxylic acids is 1. The van der Waals surface area contributed by atoms with Crippen LogP contribution in [0.2, 0.25) is 0 Å². The summed E-state index contributed by atoms with van der Waals surface area (Å²) >= 11 is 1.03. The highest BCUT2D eigenvalue weighted by Gasteiger charge is 2.29. The zero-order valence-electron chi connectivity index (χ0n) is 10.0. The smallest absolute Gasteiger partial charge is 0.357 e. The maximum absolute atomic E-state index is 12.2. The van der Waals surface area contributed by atoms with Gasteiger partial charge in [-0.05, 0) is 18.4 Å². The fourth-order valence-corrected chi connectivity index (χ4v) is 3.94. The number of nitrogens with one attached hydrogen (secondary N) is 2. The van der Waals surface area contributed by atoms with E-state index in [1.165, 1.54) is 13.0 Å². The Balaban J connectivity index is 2.50. The number of aromatic carboxylic acids is 1. The number of hydrogen-bond acceptors (Lipinski definition) is 6. The Bertz CT molecular complexity index is 813. The molecule has 0 atom stereocenters. The highest BCUT2D eigenvalue weighted by Crippen LogP contribution is 2.27. The molecule has 0 saturated heterocycles. The molecule has 0 aliphatic heterocycles. The molecular formula is C10H8N4O4S2. The van der Waals surface area contributed by atoms with Crippen LogP contribution in [0.4, 0.5) is 5.00 Å². The topological polar surface area (TPSA) is 136 Å². The van der Waals surface area contributed by atoms with Crippen LogP contribution in [0.25, 0.3) is 0 Å². The van der Waals surface area contributed by atoms with Crippen LogP contribution in [-0.2, 0) is 10.0 Å². The number of sulfonamides is 1. The SMILES string of the molecule is Cc1[nH]nc(C(=O)O)c1S(=O)(=O)Nc1sccc1C#N. The number of nitriles is 1. The van der Waals surface area contributed by atoms with Crippen LogP contribution in [-0.4, -0.2) is 29.7 Å². The second-order valence-corrected chi connectivity index (χ2v) is 6.25. The Morgan fingerprint density at radius 1 is 1.60 bits per heavy atom. The number of anilines is 1. The first-order valence-electron chi connectivity index (χ1n) is 5.15. The lowest BCUT2D eigenvalue weighted by Gasteiger charge is -2.06. The maximum atomic E-state index is 12.2. The van der Waals surface area contributed by atoms with Gasteiger partial charge in [-0.2, -0.15) is 10.4 Å². The van der Waals surface area contributed by atoms with E-state index in [2.05, 4.69) is 14.9 Å². The van der Waals surface area contributed by atoms with E-state index in [0.717, 1.165) is 11.3 Å². The minimum absolute atomic E-state index is 0.102. The molecular weight excluding hydrogens is 304 g/mol. The fourth-order valence-electron chi connectivity index (χ4n) is 1.54. The first kappa shape index (κ1) is 14.0. The van der Waals surface area contributed by atoms with Crippen LogP contribution >= 0.6 is 11.3 Å². The second kappa shape index (κ2) is 4.95. The lowest BCUT2D eigenvalue weighted by molar-refractivity contribution is 0.0686. The summed E-state index contributed by atoms with van der Waals surface area (Å²) in [6.45, 7) is 1.40. The molecule has 0 fully saturated rings. The Kier molecular flexibility index (Phi) is 3.47. The van der Waals surface area contributed by atoms with Crippen LogP contribution in [0.1, 0.15) is 21.7 Å².